The van der Waals surface area contributed by atoms with Crippen LogP contribution in [-0.4, -0.2) is 38.2 Å². The van der Waals surface area contributed by atoms with Crippen LogP contribution in [0.5, 0.6) is 0 Å². The van der Waals surface area contributed by atoms with Gasteiger partial charge in [0.15, 0.2) is 0 Å². The Morgan fingerprint density at radius 1 is 1.17 bits per heavy atom. The van der Waals surface area contributed by atoms with Crippen molar-refractivity contribution < 1.29 is 8.42 Å². The topological polar surface area (TPSA) is 49.4 Å². The van der Waals surface area contributed by atoms with E-state index in [1.165, 1.54) is 0 Å². The van der Waals surface area contributed by atoms with Crippen LogP contribution in [0.4, 0.5) is 0 Å². The number of piperidine rings is 1. The Morgan fingerprint density at radius 3 is 2.39 bits per heavy atom. The summed E-state index contributed by atoms with van der Waals surface area (Å²) in [5.74, 6) is 1.34. The molecule has 18 heavy (non-hydrogen) atoms. The summed E-state index contributed by atoms with van der Waals surface area (Å²) in [5.41, 5.74) is 0. The van der Waals surface area contributed by atoms with E-state index in [-0.39, 0.29) is 0 Å². The Bertz CT molecular complexity index is 314. The maximum atomic E-state index is 12.0. The highest BCUT2D eigenvalue weighted by molar-refractivity contribution is 7.87. The number of nitrogens with zero attached hydrogens (tertiary/aromatic N) is 1. The standard InChI is InChI=1S/C12H25ClN2O2S/c1-12-6-10-15(11-7-12)18(16,17)14-9-5-3-2-4-8-13/h12,14H,2-11H2,1H3. The monoisotopic (exact) mass is 296 g/mol. The quantitative estimate of drug-likeness (QED) is 0.552. The summed E-state index contributed by atoms with van der Waals surface area (Å²) in [6, 6.07) is 0. The van der Waals surface area contributed by atoms with E-state index in [2.05, 4.69) is 11.6 Å². The molecular formula is C12H25ClN2O2S. The summed E-state index contributed by atoms with van der Waals surface area (Å²) >= 11 is 5.58. The molecule has 0 aromatic rings. The minimum Gasteiger partial charge on any atom is -0.202 e. The minimum absolute atomic E-state index is 0.538. The zero-order valence-electron chi connectivity index (χ0n) is 11.2. The van der Waals surface area contributed by atoms with Crippen LogP contribution in [0, 0.1) is 5.92 Å². The van der Waals surface area contributed by atoms with Gasteiger partial charge < -0.3 is 0 Å². The third kappa shape index (κ3) is 5.87. The summed E-state index contributed by atoms with van der Waals surface area (Å²) in [5, 5.41) is 0. The molecule has 0 aliphatic carbocycles. The number of rotatable bonds is 8. The molecule has 0 unspecified atom stereocenters. The second-order valence-electron chi connectivity index (χ2n) is 5.08. The van der Waals surface area contributed by atoms with Gasteiger partial charge in [-0.05, 0) is 31.6 Å². The van der Waals surface area contributed by atoms with Crippen molar-refractivity contribution in [2.45, 2.75) is 45.4 Å². The molecule has 1 fully saturated rings. The largest absolute Gasteiger partial charge is 0.279 e. The lowest BCUT2D eigenvalue weighted by Crippen LogP contribution is -2.44. The molecule has 1 rings (SSSR count). The summed E-state index contributed by atoms with van der Waals surface area (Å²) in [6.07, 6.45) is 5.95. The Hall–Kier alpha value is 0.160. The molecule has 0 radical (unpaired) electrons. The molecule has 1 heterocycles. The summed E-state index contributed by atoms with van der Waals surface area (Å²) < 4.78 is 28.2. The smallest absolute Gasteiger partial charge is 0.202 e. The van der Waals surface area contributed by atoms with Crippen LogP contribution in [0.15, 0.2) is 0 Å². The predicted octanol–water partition coefficient (Wildman–Crippen LogP) is 2.35. The molecule has 1 aliphatic rings. The van der Waals surface area contributed by atoms with Gasteiger partial charge in [0.25, 0.3) is 10.2 Å². The van der Waals surface area contributed by atoms with Crippen LogP contribution in [0.1, 0.15) is 45.4 Å². The highest BCUT2D eigenvalue weighted by Gasteiger charge is 2.25. The van der Waals surface area contributed by atoms with Gasteiger partial charge in [-0.2, -0.15) is 12.7 Å². The van der Waals surface area contributed by atoms with Gasteiger partial charge in [0.1, 0.15) is 0 Å². The van der Waals surface area contributed by atoms with Crippen LogP contribution in [-0.2, 0) is 10.2 Å². The van der Waals surface area contributed by atoms with Crippen molar-refractivity contribution in [2.24, 2.45) is 5.92 Å². The third-order valence-electron chi connectivity index (χ3n) is 3.43. The molecule has 0 spiro atoms. The minimum atomic E-state index is -3.24. The summed E-state index contributed by atoms with van der Waals surface area (Å²) in [4.78, 5) is 0. The fraction of sp³-hybridized carbons (Fsp3) is 1.00. The van der Waals surface area contributed by atoms with E-state index in [9.17, 15) is 8.42 Å². The first-order chi connectivity index (χ1) is 8.56. The van der Waals surface area contributed by atoms with E-state index in [0.29, 0.717) is 31.4 Å². The van der Waals surface area contributed by atoms with E-state index >= 15 is 0 Å². The Kier molecular flexibility index (Phi) is 7.53. The lowest BCUT2D eigenvalue weighted by Gasteiger charge is -2.29. The van der Waals surface area contributed by atoms with E-state index < -0.39 is 10.2 Å². The summed E-state index contributed by atoms with van der Waals surface area (Å²) in [7, 11) is -3.24. The van der Waals surface area contributed by atoms with Crippen molar-refractivity contribution in [3.8, 4) is 0 Å². The fourth-order valence-electron chi connectivity index (χ4n) is 2.09. The molecule has 0 atom stereocenters. The molecule has 4 nitrogen and oxygen atoms in total. The SMILES string of the molecule is CC1CCN(S(=O)(=O)NCCCCCCCl)CC1. The van der Waals surface area contributed by atoms with Gasteiger partial charge in [-0.15, -0.1) is 11.6 Å². The first-order valence-corrected chi connectivity index (χ1v) is 8.84. The van der Waals surface area contributed by atoms with Crippen molar-refractivity contribution in [1.82, 2.24) is 9.03 Å². The number of hydrogen-bond donors (Lipinski definition) is 1. The van der Waals surface area contributed by atoms with Gasteiger partial charge >= 0.3 is 0 Å². The molecule has 108 valence electrons. The number of alkyl halides is 1. The van der Waals surface area contributed by atoms with E-state index in [4.69, 9.17) is 11.6 Å². The average Bonchev–Trinajstić information content (AvgIpc) is 2.34. The van der Waals surface area contributed by atoms with Crippen LogP contribution in [0.25, 0.3) is 0 Å². The lowest BCUT2D eigenvalue weighted by atomic mass is 10.0. The third-order valence-corrected chi connectivity index (χ3v) is 5.31. The van der Waals surface area contributed by atoms with Gasteiger partial charge in [-0.1, -0.05) is 19.8 Å². The molecule has 6 heteroatoms. The maximum absolute atomic E-state index is 12.0. The van der Waals surface area contributed by atoms with Gasteiger partial charge in [-0.3, -0.25) is 0 Å². The number of hydrogen-bond acceptors (Lipinski definition) is 2. The van der Waals surface area contributed by atoms with E-state index in [1.807, 2.05) is 0 Å². The molecule has 0 aromatic heterocycles. The molecule has 0 aromatic carbocycles. The average molecular weight is 297 g/mol. The molecule has 1 aliphatic heterocycles. The van der Waals surface area contributed by atoms with Crippen molar-refractivity contribution in [2.75, 3.05) is 25.5 Å². The highest BCUT2D eigenvalue weighted by atomic mass is 35.5. The van der Waals surface area contributed by atoms with Crippen molar-refractivity contribution >= 4 is 21.8 Å². The molecule has 1 N–H and O–H groups in total. The van der Waals surface area contributed by atoms with Gasteiger partial charge in [0.05, 0.1) is 0 Å². The Labute approximate surface area is 116 Å². The molecule has 0 saturated carbocycles. The fourth-order valence-corrected chi connectivity index (χ4v) is 3.56. The van der Waals surface area contributed by atoms with Gasteiger partial charge in [-0.25, -0.2) is 4.72 Å². The lowest BCUT2D eigenvalue weighted by molar-refractivity contribution is 0.285. The normalized spacial score (nSPS) is 19.2. The highest BCUT2D eigenvalue weighted by Crippen LogP contribution is 2.17. The van der Waals surface area contributed by atoms with Crippen molar-refractivity contribution in [3.05, 3.63) is 0 Å². The van der Waals surface area contributed by atoms with Crippen LogP contribution in [0.3, 0.4) is 0 Å². The first kappa shape index (κ1) is 16.2. The Balaban J connectivity index is 2.19. The van der Waals surface area contributed by atoms with Gasteiger partial charge in [0, 0.05) is 25.5 Å². The second kappa shape index (κ2) is 8.35. The first-order valence-electron chi connectivity index (χ1n) is 6.87. The Morgan fingerprint density at radius 2 is 1.78 bits per heavy atom. The van der Waals surface area contributed by atoms with Gasteiger partial charge in [0.2, 0.25) is 0 Å². The number of unbranched alkanes of at least 4 members (excludes halogenated alkanes) is 3. The van der Waals surface area contributed by atoms with Crippen LogP contribution >= 0.6 is 11.6 Å². The summed E-state index contributed by atoms with van der Waals surface area (Å²) in [6.45, 7) is 4.02. The molecule has 0 amide bonds. The number of halogens is 1. The zero-order valence-corrected chi connectivity index (χ0v) is 12.8. The second-order valence-corrected chi connectivity index (χ2v) is 7.22. The van der Waals surface area contributed by atoms with E-state index in [0.717, 1.165) is 38.5 Å². The number of nitrogens with one attached hydrogen (secondary N) is 1. The predicted molar refractivity (Wildman–Crippen MR) is 76.1 cm³/mol. The van der Waals surface area contributed by atoms with Crippen molar-refractivity contribution in [3.63, 3.8) is 0 Å². The maximum Gasteiger partial charge on any atom is 0.279 e. The zero-order chi connectivity index (χ0) is 13.4. The van der Waals surface area contributed by atoms with Crippen LogP contribution < -0.4 is 4.72 Å². The van der Waals surface area contributed by atoms with E-state index in [1.54, 1.807) is 4.31 Å². The molecule has 1 saturated heterocycles. The van der Waals surface area contributed by atoms with Crippen LogP contribution in [0.2, 0.25) is 0 Å². The molecular weight excluding hydrogens is 272 g/mol. The van der Waals surface area contributed by atoms with Crippen molar-refractivity contribution in [1.29, 1.82) is 0 Å². The molecule has 0 bridgehead atoms.